The van der Waals surface area contributed by atoms with E-state index in [9.17, 15) is 4.79 Å². The smallest absolute Gasteiger partial charge is 0.250 e. The Morgan fingerprint density at radius 1 is 1.26 bits per heavy atom. The number of aromatic nitrogens is 1. The minimum absolute atomic E-state index is 0.399. The number of nitrogens with zero attached hydrogens (tertiary/aromatic N) is 2. The van der Waals surface area contributed by atoms with Crippen molar-refractivity contribution in [2.45, 2.75) is 6.54 Å². The van der Waals surface area contributed by atoms with Crippen molar-refractivity contribution >= 4 is 17.4 Å². The molecule has 0 saturated carbocycles. The Hall–Kier alpha value is -2.56. The molecule has 0 aliphatic rings. The van der Waals surface area contributed by atoms with Crippen LogP contribution in [0, 0.1) is 0 Å². The zero-order chi connectivity index (χ0) is 13.8. The number of benzene rings is 1. The molecular formula is C14H16N4O. The second-order valence-corrected chi connectivity index (χ2v) is 4.32. The van der Waals surface area contributed by atoms with E-state index in [-0.39, 0.29) is 0 Å². The van der Waals surface area contributed by atoms with E-state index in [4.69, 9.17) is 11.5 Å². The van der Waals surface area contributed by atoms with Crippen molar-refractivity contribution < 1.29 is 4.79 Å². The van der Waals surface area contributed by atoms with Crippen LogP contribution in [-0.2, 0) is 6.54 Å². The number of para-hydroxylation sites is 1. The van der Waals surface area contributed by atoms with E-state index in [1.807, 2.05) is 36.2 Å². The van der Waals surface area contributed by atoms with Gasteiger partial charge in [0.25, 0.3) is 0 Å². The third-order valence-electron chi connectivity index (χ3n) is 2.89. The van der Waals surface area contributed by atoms with Gasteiger partial charge in [0.05, 0.1) is 5.56 Å². The first-order valence-corrected chi connectivity index (χ1v) is 5.88. The standard InChI is InChI=1S/C14H16N4O/c1-18(9-11-4-2-3-5-12(11)15)13-7-6-10(8-17-13)14(16)19/h2-8H,9,15H2,1H3,(H2,16,19). The van der Waals surface area contributed by atoms with Crippen molar-refractivity contribution in [1.82, 2.24) is 4.98 Å². The zero-order valence-corrected chi connectivity index (χ0v) is 10.7. The number of amides is 1. The Balaban J connectivity index is 2.14. The van der Waals surface area contributed by atoms with Gasteiger partial charge in [-0.25, -0.2) is 4.98 Å². The maximum atomic E-state index is 11.0. The number of rotatable bonds is 4. The van der Waals surface area contributed by atoms with E-state index < -0.39 is 5.91 Å². The lowest BCUT2D eigenvalue weighted by atomic mass is 10.1. The van der Waals surface area contributed by atoms with E-state index in [0.29, 0.717) is 12.1 Å². The van der Waals surface area contributed by atoms with Gasteiger partial charge in [-0.05, 0) is 23.8 Å². The molecule has 1 amide bonds. The highest BCUT2D eigenvalue weighted by atomic mass is 16.1. The Kier molecular flexibility index (Phi) is 3.66. The zero-order valence-electron chi connectivity index (χ0n) is 10.7. The predicted octanol–water partition coefficient (Wildman–Crippen LogP) is 1.40. The number of carbonyl (C=O) groups is 1. The van der Waals surface area contributed by atoms with Crippen molar-refractivity contribution in [3.8, 4) is 0 Å². The summed E-state index contributed by atoms with van der Waals surface area (Å²) in [4.78, 5) is 17.1. The van der Waals surface area contributed by atoms with E-state index in [2.05, 4.69) is 4.98 Å². The molecule has 98 valence electrons. The van der Waals surface area contributed by atoms with Crippen LogP contribution in [0.3, 0.4) is 0 Å². The van der Waals surface area contributed by atoms with Gasteiger partial charge in [0.1, 0.15) is 5.82 Å². The molecule has 0 spiro atoms. The summed E-state index contributed by atoms with van der Waals surface area (Å²) < 4.78 is 0. The van der Waals surface area contributed by atoms with Crippen LogP contribution in [0.4, 0.5) is 11.5 Å². The average Bonchev–Trinajstić information content (AvgIpc) is 2.41. The van der Waals surface area contributed by atoms with E-state index in [1.54, 1.807) is 12.1 Å². The Morgan fingerprint density at radius 2 is 2.00 bits per heavy atom. The normalized spacial score (nSPS) is 10.2. The summed E-state index contributed by atoms with van der Waals surface area (Å²) in [6, 6.07) is 11.1. The molecule has 4 N–H and O–H groups in total. The highest BCUT2D eigenvalue weighted by Gasteiger charge is 2.07. The Bertz CT molecular complexity index is 580. The van der Waals surface area contributed by atoms with Gasteiger partial charge in [-0.15, -0.1) is 0 Å². The fourth-order valence-corrected chi connectivity index (χ4v) is 1.77. The molecule has 0 aliphatic carbocycles. The minimum Gasteiger partial charge on any atom is -0.398 e. The quantitative estimate of drug-likeness (QED) is 0.810. The molecule has 19 heavy (non-hydrogen) atoms. The summed E-state index contributed by atoms with van der Waals surface area (Å²) in [7, 11) is 1.92. The molecule has 0 unspecified atom stereocenters. The summed E-state index contributed by atoms with van der Waals surface area (Å²) in [5.41, 5.74) is 13.3. The highest BCUT2D eigenvalue weighted by Crippen LogP contribution is 2.17. The molecule has 5 heteroatoms. The van der Waals surface area contributed by atoms with Gasteiger partial charge in [0.2, 0.25) is 5.91 Å². The molecule has 2 aromatic rings. The summed E-state index contributed by atoms with van der Waals surface area (Å²) in [6.45, 7) is 0.648. The SMILES string of the molecule is CN(Cc1ccccc1N)c1ccc(C(N)=O)cn1. The van der Waals surface area contributed by atoms with Crippen LogP contribution in [0.5, 0.6) is 0 Å². The molecule has 0 bridgehead atoms. The molecule has 1 aromatic heterocycles. The van der Waals surface area contributed by atoms with Crippen molar-refractivity contribution in [2.75, 3.05) is 17.7 Å². The van der Waals surface area contributed by atoms with Crippen molar-refractivity contribution in [2.24, 2.45) is 5.73 Å². The van der Waals surface area contributed by atoms with Crippen molar-refractivity contribution in [3.05, 3.63) is 53.7 Å². The van der Waals surface area contributed by atoms with Crippen molar-refractivity contribution in [3.63, 3.8) is 0 Å². The lowest BCUT2D eigenvalue weighted by molar-refractivity contribution is 0.1000. The fourth-order valence-electron chi connectivity index (χ4n) is 1.77. The number of hydrogen-bond acceptors (Lipinski definition) is 4. The summed E-state index contributed by atoms with van der Waals surface area (Å²) in [6.07, 6.45) is 1.47. The van der Waals surface area contributed by atoms with Gasteiger partial charge in [-0.3, -0.25) is 4.79 Å². The topological polar surface area (TPSA) is 85.2 Å². The minimum atomic E-state index is -0.478. The number of primary amides is 1. The van der Waals surface area contributed by atoms with Gasteiger partial charge in [-0.1, -0.05) is 18.2 Å². The molecule has 2 rings (SSSR count). The van der Waals surface area contributed by atoms with Crippen LogP contribution in [0.2, 0.25) is 0 Å². The van der Waals surface area contributed by atoms with Crippen molar-refractivity contribution in [1.29, 1.82) is 0 Å². The van der Waals surface area contributed by atoms with Gasteiger partial charge < -0.3 is 16.4 Å². The predicted molar refractivity (Wildman–Crippen MR) is 75.7 cm³/mol. The number of nitrogens with two attached hydrogens (primary N) is 2. The molecule has 5 nitrogen and oxygen atoms in total. The average molecular weight is 256 g/mol. The maximum Gasteiger partial charge on any atom is 0.250 e. The van der Waals surface area contributed by atoms with E-state index in [1.165, 1.54) is 6.20 Å². The molecule has 0 saturated heterocycles. The van der Waals surface area contributed by atoms with Gasteiger partial charge in [0.15, 0.2) is 0 Å². The van der Waals surface area contributed by atoms with Crippen LogP contribution < -0.4 is 16.4 Å². The highest BCUT2D eigenvalue weighted by molar-refractivity contribution is 5.92. The first-order chi connectivity index (χ1) is 9.08. The van der Waals surface area contributed by atoms with E-state index in [0.717, 1.165) is 17.1 Å². The molecular weight excluding hydrogens is 240 g/mol. The first-order valence-electron chi connectivity index (χ1n) is 5.88. The second-order valence-electron chi connectivity index (χ2n) is 4.32. The van der Waals surface area contributed by atoms with Gasteiger partial charge in [-0.2, -0.15) is 0 Å². The molecule has 1 heterocycles. The maximum absolute atomic E-state index is 11.0. The molecule has 0 fully saturated rings. The third-order valence-corrected chi connectivity index (χ3v) is 2.89. The monoisotopic (exact) mass is 256 g/mol. The van der Waals surface area contributed by atoms with Crippen LogP contribution in [-0.4, -0.2) is 17.9 Å². The second kappa shape index (κ2) is 5.39. The summed E-state index contributed by atoms with van der Waals surface area (Å²) in [5, 5.41) is 0. The number of carbonyl (C=O) groups excluding carboxylic acids is 1. The summed E-state index contributed by atoms with van der Waals surface area (Å²) >= 11 is 0. The van der Waals surface area contributed by atoms with Crippen LogP contribution >= 0.6 is 0 Å². The Labute approximate surface area is 111 Å². The van der Waals surface area contributed by atoms with Gasteiger partial charge in [0, 0.05) is 25.5 Å². The number of nitrogen functional groups attached to an aromatic ring is 1. The lowest BCUT2D eigenvalue weighted by Gasteiger charge is -2.19. The number of hydrogen-bond donors (Lipinski definition) is 2. The third kappa shape index (κ3) is 3.01. The number of pyridine rings is 1. The first kappa shape index (κ1) is 12.9. The largest absolute Gasteiger partial charge is 0.398 e. The molecule has 0 atom stereocenters. The summed E-state index contributed by atoms with van der Waals surface area (Å²) in [5.74, 6) is 0.280. The van der Waals surface area contributed by atoms with Crippen LogP contribution in [0.1, 0.15) is 15.9 Å². The lowest BCUT2D eigenvalue weighted by Crippen LogP contribution is -2.19. The molecule has 0 aliphatic heterocycles. The van der Waals surface area contributed by atoms with Crippen LogP contribution in [0.15, 0.2) is 42.6 Å². The van der Waals surface area contributed by atoms with E-state index >= 15 is 0 Å². The fraction of sp³-hybridized carbons (Fsp3) is 0.143. The molecule has 0 radical (unpaired) electrons. The number of anilines is 2. The van der Waals surface area contributed by atoms with Crippen LogP contribution in [0.25, 0.3) is 0 Å². The Morgan fingerprint density at radius 3 is 2.58 bits per heavy atom. The molecule has 1 aromatic carbocycles. The van der Waals surface area contributed by atoms with Gasteiger partial charge >= 0.3 is 0 Å².